The maximum absolute atomic E-state index is 7.01. The van der Waals surface area contributed by atoms with E-state index in [0.29, 0.717) is 0 Å². The van der Waals surface area contributed by atoms with Crippen molar-refractivity contribution < 1.29 is 4.42 Å². The first-order chi connectivity index (χ1) is 26.3. The quantitative estimate of drug-likeness (QED) is 0.170. The fraction of sp³-hybridized carbons (Fsp3) is 0.208. The smallest absolute Gasteiger partial charge is 0.139 e. The summed E-state index contributed by atoms with van der Waals surface area (Å²) in [4.78, 5) is 2.57. The summed E-state index contributed by atoms with van der Waals surface area (Å²) >= 11 is 0. The van der Waals surface area contributed by atoms with Crippen LogP contribution in [0, 0.1) is 0 Å². The predicted octanol–water partition coefficient (Wildman–Crippen LogP) is 15.4. The molecule has 8 aromatic carbocycles. The van der Waals surface area contributed by atoms with Crippen LogP contribution in [0.5, 0.6) is 0 Å². The minimum atomic E-state index is -0.146. The molecule has 2 heteroatoms. The summed E-state index contributed by atoms with van der Waals surface area (Å²) in [6.07, 6.45) is 0. The molecule has 9 aromatic rings. The fourth-order valence-corrected chi connectivity index (χ4v) is 9.52. The van der Waals surface area contributed by atoms with Gasteiger partial charge in [-0.1, -0.05) is 165 Å². The first-order valence-electron chi connectivity index (χ1n) is 19.7. The Balaban J connectivity index is 1.41. The van der Waals surface area contributed by atoms with Crippen molar-refractivity contribution in [3.05, 3.63) is 162 Å². The van der Waals surface area contributed by atoms with Crippen molar-refractivity contribution in [1.29, 1.82) is 0 Å². The van der Waals surface area contributed by atoms with E-state index in [9.17, 15) is 0 Å². The van der Waals surface area contributed by atoms with Crippen molar-refractivity contribution in [2.24, 2.45) is 0 Å². The summed E-state index contributed by atoms with van der Waals surface area (Å²) in [5.74, 6) is 0. The van der Waals surface area contributed by atoms with Gasteiger partial charge in [-0.3, -0.25) is 0 Å². The Bertz CT molecular complexity index is 2990. The molecule has 0 unspecified atom stereocenters. The molecule has 270 valence electrons. The zero-order chi connectivity index (χ0) is 38.0. The first-order valence-corrected chi connectivity index (χ1v) is 19.7. The maximum Gasteiger partial charge on any atom is 0.139 e. The third kappa shape index (κ3) is 4.87. The summed E-state index contributed by atoms with van der Waals surface area (Å²) in [6, 6.07) is 52.0. The van der Waals surface area contributed by atoms with Crippen LogP contribution < -0.4 is 4.90 Å². The highest BCUT2D eigenvalue weighted by Gasteiger charge is 2.38. The first kappa shape index (κ1) is 33.7. The van der Waals surface area contributed by atoms with Crippen molar-refractivity contribution in [1.82, 2.24) is 0 Å². The molecule has 1 aromatic heterocycles. The Morgan fingerprint density at radius 3 is 1.67 bits per heavy atom. The van der Waals surface area contributed by atoms with Crippen molar-refractivity contribution in [3.8, 4) is 11.1 Å². The van der Waals surface area contributed by atoms with Crippen LogP contribution in [0.3, 0.4) is 0 Å². The lowest BCUT2D eigenvalue weighted by Crippen LogP contribution is -2.17. The van der Waals surface area contributed by atoms with E-state index in [1.165, 1.54) is 71.4 Å². The van der Waals surface area contributed by atoms with E-state index in [2.05, 4.69) is 200 Å². The molecule has 0 aliphatic heterocycles. The second kappa shape index (κ2) is 11.6. The Labute approximate surface area is 324 Å². The van der Waals surface area contributed by atoms with Crippen LogP contribution >= 0.6 is 0 Å². The summed E-state index contributed by atoms with van der Waals surface area (Å²) in [6.45, 7) is 18.6. The number of hydrogen-bond donors (Lipinski definition) is 0. The average Bonchev–Trinajstić information content (AvgIpc) is 3.67. The molecule has 0 radical (unpaired) electrons. The molecule has 1 heterocycles. The summed E-state index contributed by atoms with van der Waals surface area (Å²) in [5, 5.41) is 9.85. The number of hydrogen-bond acceptors (Lipinski definition) is 2. The van der Waals surface area contributed by atoms with Gasteiger partial charge in [0.15, 0.2) is 0 Å². The summed E-state index contributed by atoms with van der Waals surface area (Å²) in [7, 11) is 0. The monoisotopic (exact) mass is 713 g/mol. The molecule has 0 atom stereocenters. The summed E-state index contributed by atoms with van der Waals surface area (Å²) < 4.78 is 7.01. The molecule has 0 fully saturated rings. The lowest BCUT2D eigenvalue weighted by molar-refractivity contribution is 0.559. The number of anilines is 3. The van der Waals surface area contributed by atoms with Gasteiger partial charge in [0.1, 0.15) is 11.2 Å². The topological polar surface area (TPSA) is 16.4 Å². The van der Waals surface area contributed by atoms with Crippen molar-refractivity contribution in [2.45, 2.75) is 71.6 Å². The molecule has 0 N–H and O–H groups in total. The van der Waals surface area contributed by atoms with Gasteiger partial charge in [-0.15, -0.1) is 0 Å². The van der Waals surface area contributed by atoms with Gasteiger partial charge in [-0.05, 0) is 90.3 Å². The third-order valence-electron chi connectivity index (χ3n) is 12.3. The van der Waals surface area contributed by atoms with Gasteiger partial charge in [-0.2, -0.15) is 0 Å². The Morgan fingerprint density at radius 1 is 0.473 bits per heavy atom. The molecule has 1 aliphatic rings. The SMILES string of the molecule is CC(C)(C)c1cc(C(C)(C)C)c2oc3cccc(N(c4cccc5c4-c4ccccc4C5(C)C)c4cccc5c6ccccc6c6ccccc6c45)c3c2c1. The van der Waals surface area contributed by atoms with Crippen molar-refractivity contribution in [3.63, 3.8) is 0 Å². The minimum Gasteiger partial charge on any atom is -0.456 e. The van der Waals surface area contributed by atoms with E-state index in [-0.39, 0.29) is 16.2 Å². The van der Waals surface area contributed by atoms with Gasteiger partial charge in [0, 0.05) is 27.3 Å². The number of rotatable bonds is 3. The molecule has 55 heavy (non-hydrogen) atoms. The Hall–Kier alpha value is -5.86. The van der Waals surface area contributed by atoms with E-state index in [1.807, 2.05) is 0 Å². The van der Waals surface area contributed by atoms with E-state index in [0.717, 1.165) is 33.3 Å². The molecular weight excluding hydrogens is 667 g/mol. The van der Waals surface area contributed by atoms with Gasteiger partial charge >= 0.3 is 0 Å². The van der Waals surface area contributed by atoms with Crippen LogP contribution in [0.1, 0.15) is 77.6 Å². The molecule has 2 nitrogen and oxygen atoms in total. The molecule has 0 amide bonds. The normalized spacial score (nSPS) is 14.0. The average molecular weight is 714 g/mol. The number of furan rings is 1. The predicted molar refractivity (Wildman–Crippen MR) is 236 cm³/mol. The van der Waals surface area contributed by atoms with Gasteiger partial charge in [0.05, 0.1) is 22.4 Å². The van der Waals surface area contributed by atoms with Gasteiger partial charge in [-0.25, -0.2) is 0 Å². The standard InChI is InChI=1S/C53H47NO/c1-51(2,3)32-30-39-49-45(28-17-29-46(49)55-50(39)42(31-32)52(4,5)6)54(44-27-16-25-41-48(44)38-22-13-14-24-40(38)53(41,7)8)43-26-15-23-37-35-19-10-9-18-33(35)34-20-11-12-21-36(34)47(37)43/h9-31H,1-8H3. The second-order valence-corrected chi connectivity index (χ2v) is 18.1. The zero-order valence-electron chi connectivity index (χ0n) is 33.1. The lowest BCUT2D eigenvalue weighted by atomic mass is 9.79. The Morgan fingerprint density at radius 2 is 1.00 bits per heavy atom. The van der Waals surface area contributed by atoms with Gasteiger partial charge < -0.3 is 9.32 Å². The highest BCUT2D eigenvalue weighted by Crippen LogP contribution is 2.56. The van der Waals surface area contributed by atoms with E-state index >= 15 is 0 Å². The van der Waals surface area contributed by atoms with Crippen LogP contribution in [-0.2, 0) is 16.2 Å². The maximum atomic E-state index is 7.01. The van der Waals surface area contributed by atoms with Crippen molar-refractivity contribution >= 4 is 71.3 Å². The van der Waals surface area contributed by atoms with Crippen LogP contribution in [0.4, 0.5) is 17.1 Å². The van der Waals surface area contributed by atoms with Crippen molar-refractivity contribution in [2.75, 3.05) is 4.90 Å². The molecule has 0 saturated heterocycles. The molecule has 0 spiro atoms. The minimum absolute atomic E-state index is 0.0441. The number of benzene rings is 8. The number of nitrogens with zero attached hydrogens (tertiary/aromatic N) is 1. The lowest BCUT2D eigenvalue weighted by Gasteiger charge is -2.31. The Kier molecular flexibility index (Phi) is 7.09. The van der Waals surface area contributed by atoms with E-state index < -0.39 is 0 Å². The molecule has 10 rings (SSSR count). The fourth-order valence-electron chi connectivity index (χ4n) is 9.52. The molecular formula is C53H47NO. The second-order valence-electron chi connectivity index (χ2n) is 18.1. The van der Waals surface area contributed by atoms with Crippen LogP contribution in [0.15, 0.2) is 144 Å². The van der Waals surface area contributed by atoms with Crippen LogP contribution in [-0.4, -0.2) is 0 Å². The third-order valence-corrected chi connectivity index (χ3v) is 12.3. The van der Waals surface area contributed by atoms with Gasteiger partial charge in [0.2, 0.25) is 0 Å². The highest BCUT2D eigenvalue weighted by atomic mass is 16.3. The molecule has 0 bridgehead atoms. The zero-order valence-corrected chi connectivity index (χ0v) is 33.1. The number of fused-ring (bicyclic) bond motifs is 12. The van der Waals surface area contributed by atoms with Crippen LogP contribution in [0.2, 0.25) is 0 Å². The van der Waals surface area contributed by atoms with E-state index in [1.54, 1.807) is 0 Å². The largest absolute Gasteiger partial charge is 0.456 e. The van der Waals surface area contributed by atoms with Crippen LogP contribution in [0.25, 0.3) is 65.4 Å². The molecule has 0 saturated carbocycles. The highest BCUT2D eigenvalue weighted by molar-refractivity contribution is 6.29. The molecule has 1 aliphatic carbocycles. The van der Waals surface area contributed by atoms with Gasteiger partial charge in [0.25, 0.3) is 0 Å². The van der Waals surface area contributed by atoms with E-state index in [4.69, 9.17) is 4.42 Å². The summed E-state index contributed by atoms with van der Waals surface area (Å²) in [5.41, 5.74) is 12.9.